The lowest BCUT2D eigenvalue weighted by molar-refractivity contribution is -0.116. The van der Waals surface area contributed by atoms with Crippen LogP contribution in [0.4, 0.5) is 0 Å². The largest absolute Gasteiger partial charge is 0.300 e. The number of hydrogen-bond acceptors (Lipinski definition) is 2. The third kappa shape index (κ3) is 5.76. The minimum absolute atomic E-state index is 0.218. The summed E-state index contributed by atoms with van der Waals surface area (Å²) in [6.07, 6.45) is 4.41. The Labute approximate surface area is 54.2 Å². The topological polar surface area (TPSA) is 17.1 Å². The Bertz CT molecular complexity index is 96.7. The molecular weight excluding hydrogens is 120 g/mol. The van der Waals surface area contributed by atoms with Gasteiger partial charge in [0.1, 0.15) is 5.78 Å². The van der Waals surface area contributed by atoms with Crippen molar-refractivity contribution in [3.8, 4) is 0 Å². The van der Waals surface area contributed by atoms with Crippen LogP contribution in [0.5, 0.6) is 0 Å². The molecule has 0 rings (SSSR count). The second-order valence-electron chi connectivity index (χ2n) is 1.51. The van der Waals surface area contributed by atoms with Crippen molar-refractivity contribution in [1.29, 1.82) is 0 Å². The minimum Gasteiger partial charge on any atom is -0.300 e. The molecular formula is C6H10OS. The number of allylic oxidation sites excluding steroid dienone is 1. The zero-order valence-electron chi connectivity index (χ0n) is 5.18. The molecule has 0 aliphatic carbocycles. The number of thioether (sulfide) groups is 1. The molecule has 2 heteroatoms. The Balaban J connectivity index is 3.16. The van der Waals surface area contributed by atoms with Crippen molar-refractivity contribution in [3.63, 3.8) is 0 Å². The fraction of sp³-hybridized carbons (Fsp3) is 0.500. The first-order valence-electron chi connectivity index (χ1n) is 2.44. The van der Waals surface area contributed by atoms with Crippen LogP contribution >= 0.6 is 11.8 Å². The van der Waals surface area contributed by atoms with Crippen LogP contribution in [0.1, 0.15) is 13.3 Å². The molecule has 0 aliphatic heterocycles. The van der Waals surface area contributed by atoms with Crippen LogP contribution in [-0.2, 0) is 4.79 Å². The van der Waals surface area contributed by atoms with Gasteiger partial charge in [-0.2, -0.15) is 0 Å². The van der Waals surface area contributed by atoms with Crippen LogP contribution in [0.15, 0.2) is 11.5 Å². The highest BCUT2D eigenvalue weighted by Gasteiger charge is 1.82. The lowest BCUT2D eigenvalue weighted by atomic mass is 10.3. The molecule has 0 atom stereocenters. The normalized spacial score (nSPS) is 10.2. The second-order valence-corrected chi connectivity index (χ2v) is 2.26. The molecule has 0 amide bonds. The summed E-state index contributed by atoms with van der Waals surface area (Å²) in [4.78, 5) is 10.3. The van der Waals surface area contributed by atoms with Crippen LogP contribution < -0.4 is 0 Å². The van der Waals surface area contributed by atoms with Crippen LogP contribution in [0.25, 0.3) is 0 Å². The monoisotopic (exact) mass is 130 g/mol. The van der Waals surface area contributed by atoms with E-state index in [9.17, 15) is 4.79 Å². The highest BCUT2D eigenvalue weighted by atomic mass is 32.2. The zero-order valence-corrected chi connectivity index (χ0v) is 5.99. The van der Waals surface area contributed by atoms with E-state index in [1.807, 2.05) is 17.7 Å². The average molecular weight is 130 g/mol. The van der Waals surface area contributed by atoms with Gasteiger partial charge in [0.15, 0.2) is 0 Å². The van der Waals surface area contributed by atoms with Crippen molar-refractivity contribution in [2.75, 3.05) is 6.26 Å². The van der Waals surface area contributed by atoms with Gasteiger partial charge in [-0.05, 0) is 18.6 Å². The number of carbonyl (C=O) groups excluding carboxylic acids is 1. The maximum absolute atomic E-state index is 10.3. The number of carbonyl (C=O) groups is 1. The zero-order chi connectivity index (χ0) is 6.41. The minimum atomic E-state index is 0.218. The number of rotatable bonds is 3. The Morgan fingerprint density at radius 1 is 1.75 bits per heavy atom. The molecule has 0 saturated heterocycles. The first kappa shape index (κ1) is 7.76. The van der Waals surface area contributed by atoms with Gasteiger partial charge in [-0.25, -0.2) is 0 Å². The van der Waals surface area contributed by atoms with Gasteiger partial charge in [0.05, 0.1) is 0 Å². The number of hydrogen-bond donors (Lipinski definition) is 0. The molecule has 46 valence electrons. The summed E-state index contributed by atoms with van der Waals surface area (Å²) < 4.78 is 0. The molecule has 0 N–H and O–H groups in total. The van der Waals surface area contributed by atoms with Gasteiger partial charge < -0.3 is 0 Å². The Kier molecular flexibility index (Phi) is 4.76. The summed E-state index contributed by atoms with van der Waals surface area (Å²) in [6.45, 7) is 1.59. The second kappa shape index (κ2) is 4.91. The van der Waals surface area contributed by atoms with Gasteiger partial charge in [0.25, 0.3) is 0 Å². The molecule has 0 unspecified atom stereocenters. The van der Waals surface area contributed by atoms with Gasteiger partial charge in [0, 0.05) is 6.42 Å². The summed E-state index contributed by atoms with van der Waals surface area (Å²) in [7, 11) is 0. The van der Waals surface area contributed by atoms with E-state index in [1.54, 1.807) is 18.7 Å². The van der Waals surface area contributed by atoms with E-state index >= 15 is 0 Å². The van der Waals surface area contributed by atoms with E-state index in [0.29, 0.717) is 6.42 Å². The summed E-state index contributed by atoms with van der Waals surface area (Å²) in [5.74, 6) is 0.218. The first-order valence-corrected chi connectivity index (χ1v) is 3.73. The summed E-state index contributed by atoms with van der Waals surface area (Å²) in [6, 6.07) is 0. The van der Waals surface area contributed by atoms with Crippen molar-refractivity contribution in [2.24, 2.45) is 0 Å². The molecule has 1 nitrogen and oxygen atoms in total. The van der Waals surface area contributed by atoms with E-state index < -0.39 is 0 Å². The number of Topliss-reactive ketones (excluding diaryl/α,β-unsaturated/α-hetero) is 1. The molecule has 8 heavy (non-hydrogen) atoms. The number of ketones is 1. The van der Waals surface area contributed by atoms with E-state index in [0.717, 1.165) is 0 Å². The molecule has 0 spiro atoms. The Hall–Kier alpha value is -0.240. The molecule has 0 fully saturated rings. The Morgan fingerprint density at radius 2 is 2.38 bits per heavy atom. The van der Waals surface area contributed by atoms with E-state index in [1.165, 1.54) is 0 Å². The lowest BCUT2D eigenvalue weighted by Gasteiger charge is -1.80. The van der Waals surface area contributed by atoms with Gasteiger partial charge in [-0.1, -0.05) is 6.08 Å². The molecule has 0 aromatic heterocycles. The highest BCUT2D eigenvalue weighted by Crippen LogP contribution is 1.94. The maximum Gasteiger partial charge on any atom is 0.133 e. The average Bonchev–Trinajstić information content (AvgIpc) is 1.66. The van der Waals surface area contributed by atoms with Crippen molar-refractivity contribution >= 4 is 17.5 Å². The van der Waals surface area contributed by atoms with Crippen LogP contribution in [-0.4, -0.2) is 12.0 Å². The van der Waals surface area contributed by atoms with Crippen molar-refractivity contribution in [2.45, 2.75) is 13.3 Å². The SMILES string of the molecule is CSC=CCC(C)=O. The van der Waals surface area contributed by atoms with Crippen molar-refractivity contribution < 1.29 is 4.79 Å². The predicted octanol–water partition coefficient (Wildman–Crippen LogP) is 1.84. The molecule has 0 heterocycles. The predicted molar refractivity (Wildman–Crippen MR) is 38.0 cm³/mol. The van der Waals surface area contributed by atoms with E-state index in [-0.39, 0.29) is 5.78 Å². The Morgan fingerprint density at radius 3 is 2.75 bits per heavy atom. The fourth-order valence-corrected chi connectivity index (χ4v) is 0.599. The summed E-state index contributed by atoms with van der Waals surface area (Å²) in [5.41, 5.74) is 0. The molecule has 0 aromatic rings. The van der Waals surface area contributed by atoms with Crippen molar-refractivity contribution in [3.05, 3.63) is 11.5 Å². The van der Waals surface area contributed by atoms with Gasteiger partial charge in [-0.3, -0.25) is 4.79 Å². The third-order valence-electron chi connectivity index (χ3n) is 0.638. The van der Waals surface area contributed by atoms with E-state index in [2.05, 4.69) is 0 Å². The molecule has 0 radical (unpaired) electrons. The lowest BCUT2D eigenvalue weighted by Crippen LogP contribution is -1.82. The standard InChI is InChI=1S/C6H10OS/c1-6(7)4-3-5-8-2/h3,5H,4H2,1-2H3. The van der Waals surface area contributed by atoms with E-state index in [4.69, 9.17) is 0 Å². The third-order valence-corrected chi connectivity index (χ3v) is 1.10. The van der Waals surface area contributed by atoms with Crippen LogP contribution in [0.3, 0.4) is 0 Å². The van der Waals surface area contributed by atoms with Gasteiger partial charge in [-0.15, -0.1) is 11.8 Å². The molecule has 0 aromatic carbocycles. The quantitative estimate of drug-likeness (QED) is 0.580. The smallest absolute Gasteiger partial charge is 0.133 e. The first-order chi connectivity index (χ1) is 3.77. The fourth-order valence-electron chi connectivity index (χ4n) is 0.310. The van der Waals surface area contributed by atoms with Crippen LogP contribution in [0.2, 0.25) is 0 Å². The summed E-state index contributed by atoms with van der Waals surface area (Å²) in [5, 5.41) is 1.92. The summed E-state index contributed by atoms with van der Waals surface area (Å²) >= 11 is 1.61. The molecule has 0 saturated carbocycles. The maximum atomic E-state index is 10.3. The highest BCUT2D eigenvalue weighted by molar-refractivity contribution is 8.01. The molecule has 0 aliphatic rings. The van der Waals surface area contributed by atoms with Crippen LogP contribution in [0, 0.1) is 0 Å². The molecule has 0 bridgehead atoms. The van der Waals surface area contributed by atoms with Gasteiger partial charge >= 0.3 is 0 Å². The van der Waals surface area contributed by atoms with Crippen molar-refractivity contribution in [1.82, 2.24) is 0 Å². The van der Waals surface area contributed by atoms with Gasteiger partial charge in [0.2, 0.25) is 0 Å².